The molecule has 0 bridgehead atoms. The van der Waals surface area contributed by atoms with Gasteiger partial charge in [0, 0.05) is 24.2 Å². The molecule has 0 aromatic heterocycles. The maximum Gasteiger partial charge on any atom is 0.269 e. The SMILES string of the molecule is O=C(NCc1cc([N+](=O)[O-])ccc1[O-])c1ccc(C2SCCCS2)cc1. The Morgan fingerprint density at radius 2 is 1.85 bits per heavy atom. The van der Waals surface area contributed by atoms with E-state index in [4.69, 9.17) is 0 Å². The highest BCUT2D eigenvalue weighted by Crippen LogP contribution is 2.43. The number of amides is 1. The van der Waals surface area contributed by atoms with Gasteiger partial charge < -0.3 is 10.4 Å². The highest BCUT2D eigenvalue weighted by molar-refractivity contribution is 8.16. The Morgan fingerprint density at radius 1 is 1.15 bits per heavy atom. The first kappa shape index (κ1) is 18.6. The quantitative estimate of drug-likeness (QED) is 0.621. The summed E-state index contributed by atoms with van der Waals surface area (Å²) in [6.45, 7) is -0.0462. The predicted octanol–water partition coefficient (Wildman–Crippen LogP) is 3.47. The van der Waals surface area contributed by atoms with Crippen LogP contribution in [-0.4, -0.2) is 22.3 Å². The Morgan fingerprint density at radius 3 is 2.50 bits per heavy atom. The third-order valence-corrected chi connectivity index (χ3v) is 6.98. The van der Waals surface area contributed by atoms with Crippen LogP contribution in [0.15, 0.2) is 42.5 Å². The second-order valence-corrected chi connectivity index (χ2v) is 8.51. The largest absolute Gasteiger partial charge is 0.872 e. The topological polar surface area (TPSA) is 95.3 Å². The van der Waals surface area contributed by atoms with Crippen molar-refractivity contribution in [1.82, 2.24) is 5.32 Å². The summed E-state index contributed by atoms with van der Waals surface area (Å²) < 4.78 is 0.411. The maximum atomic E-state index is 12.3. The molecular formula is C18H17N2O4S2-. The van der Waals surface area contributed by atoms with E-state index in [0.29, 0.717) is 10.1 Å². The minimum absolute atomic E-state index is 0.0462. The van der Waals surface area contributed by atoms with Crippen molar-refractivity contribution in [2.45, 2.75) is 17.5 Å². The van der Waals surface area contributed by atoms with E-state index < -0.39 is 4.92 Å². The van der Waals surface area contributed by atoms with Crippen LogP contribution in [0.4, 0.5) is 5.69 Å². The average Bonchev–Trinajstić information content (AvgIpc) is 2.67. The standard InChI is InChI=1S/C18H18N2O4S2/c21-16-7-6-15(20(23)24)10-14(16)11-19-17(22)12-2-4-13(5-3-12)18-25-8-1-9-26-18/h2-7,10,18,21H,1,8-9,11H2,(H,19,22)/p-1. The van der Waals surface area contributed by atoms with Gasteiger partial charge in [-0.3, -0.25) is 14.9 Å². The highest BCUT2D eigenvalue weighted by Gasteiger charge is 2.17. The smallest absolute Gasteiger partial charge is 0.269 e. The third kappa shape index (κ3) is 4.50. The summed E-state index contributed by atoms with van der Waals surface area (Å²) in [6.07, 6.45) is 1.23. The number of carbonyl (C=O) groups is 1. The molecule has 6 nitrogen and oxygen atoms in total. The van der Waals surface area contributed by atoms with Crippen molar-refractivity contribution in [2.75, 3.05) is 11.5 Å². The van der Waals surface area contributed by atoms with Crippen molar-refractivity contribution in [1.29, 1.82) is 0 Å². The van der Waals surface area contributed by atoms with E-state index in [9.17, 15) is 20.0 Å². The van der Waals surface area contributed by atoms with Crippen LogP contribution in [0.25, 0.3) is 0 Å². The van der Waals surface area contributed by atoms with Crippen LogP contribution >= 0.6 is 23.5 Å². The van der Waals surface area contributed by atoms with Crippen molar-refractivity contribution in [3.63, 3.8) is 0 Å². The minimum Gasteiger partial charge on any atom is -0.872 e. The molecule has 1 saturated heterocycles. The molecule has 3 rings (SSSR count). The molecule has 1 aliphatic heterocycles. The Hall–Kier alpha value is -2.19. The number of nitro benzene ring substituents is 1. The molecule has 1 aliphatic rings. The maximum absolute atomic E-state index is 12.3. The number of nitrogens with one attached hydrogen (secondary N) is 1. The molecule has 1 heterocycles. The zero-order chi connectivity index (χ0) is 18.5. The van der Waals surface area contributed by atoms with E-state index in [-0.39, 0.29) is 29.5 Å². The van der Waals surface area contributed by atoms with Crippen LogP contribution in [-0.2, 0) is 6.54 Å². The fourth-order valence-electron chi connectivity index (χ4n) is 2.57. The molecule has 1 amide bonds. The van der Waals surface area contributed by atoms with E-state index in [0.717, 1.165) is 23.6 Å². The number of thioether (sulfide) groups is 2. The van der Waals surface area contributed by atoms with Gasteiger partial charge in [-0.25, -0.2) is 0 Å². The summed E-state index contributed by atoms with van der Waals surface area (Å²) in [7, 11) is 0. The summed E-state index contributed by atoms with van der Waals surface area (Å²) >= 11 is 3.83. The lowest BCUT2D eigenvalue weighted by Gasteiger charge is -2.21. The molecule has 0 spiro atoms. The molecule has 2 aromatic rings. The lowest BCUT2D eigenvalue weighted by atomic mass is 10.1. The van der Waals surface area contributed by atoms with Gasteiger partial charge >= 0.3 is 0 Å². The summed E-state index contributed by atoms with van der Waals surface area (Å²) in [6, 6.07) is 11.0. The van der Waals surface area contributed by atoms with Crippen LogP contribution in [0.3, 0.4) is 0 Å². The van der Waals surface area contributed by atoms with Gasteiger partial charge in [-0.05, 0) is 41.2 Å². The van der Waals surface area contributed by atoms with Gasteiger partial charge in [0.05, 0.1) is 9.51 Å². The van der Waals surface area contributed by atoms with Crippen LogP contribution in [0.5, 0.6) is 5.75 Å². The molecule has 136 valence electrons. The molecule has 0 radical (unpaired) electrons. The Bertz CT molecular complexity index is 805. The van der Waals surface area contributed by atoms with Gasteiger partial charge in [-0.1, -0.05) is 18.2 Å². The monoisotopic (exact) mass is 389 g/mol. The highest BCUT2D eigenvalue weighted by atomic mass is 32.2. The molecule has 0 saturated carbocycles. The summed E-state index contributed by atoms with van der Waals surface area (Å²) in [4.78, 5) is 22.5. The fourth-order valence-corrected chi connectivity index (χ4v) is 5.46. The lowest BCUT2D eigenvalue weighted by Crippen LogP contribution is -2.23. The van der Waals surface area contributed by atoms with Crippen molar-refractivity contribution < 1.29 is 14.8 Å². The Kier molecular flexibility index (Phi) is 6.05. The van der Waals surface area contributed by atoms with E-state index in [1.54, 1.807) is 12.1 Å². The van der Waals surface area contributed by atoms with Gasteiger partial charge in [0.1, 0.15) is 0 Å². The zero-order valence-electron chi connectivity index (χ0n) is 13.8. The number of hydrogen-bond donors (Lipinski definition) is 1. The summed E-state index contributed by atoms with van der Waals surface area (Å²) in [5.41, 5.74) is 1.72. The molecule has 1 N–H and O–H groups in total. The number of nitro groups is 1. The first-order chi connectivity index (χ1) is 12.5. The second kappa shape index (κ2) is 8.46. The first-order valence-electron chi connectivity index (χ1n) is 8.10. The van der Waals surface area contributed by atoms with Crippen molar-refractivity contribution >= 4 is 35.1 Å². The number of benzene rings is 2. The predicted molar refractivity (Wildman–Crippen MR) is 102 cm³/mol. The minimum atomic E-state index is -0.565. The number of rotatable bonds is 5. The molecule has 0 aliphatic carbocycles. The first-order valence-corrected chi connectivity index (χ1v) is 10.2. The fraction of sp³-hybridized carbons (Fsp3) is 0.278. The van der Waals surface area contributed by atoms with Crippen molar-refractivity contribution in [3.05, 3.63) is 69.3 Å². The third-order valence-electron chi connectivity index (χ3n) is 3.97. The second-order valence-electron chi connectivity index (χ2n) is 5.78. The van der Waals surface area contributed by atoms with Gasteiger partial charge in [-0.2, -0.15) is 0 Å². The molecule has 0 unspecified atom stereocenters. The summed E-state index contributed by atoms with van der Waals surface area (Å²) in [5, 5.41) is 25.2. The van der Waals surface area contributed by atoms with E-state index >= 15 is 0 Å². The zero-order valence-corrected chi connectivity index (χ0v) is 15.5. The molecule has 2 aromatic carbocycles. The van der Waals surface area contributed by atoms with Gasteiger partial charge in [0.25, 0.3) is 11.6 Å². The molecule has 0 atom stereocenters. The normalized spacial score (nSPS) is 14.8. The number of non-ortho nitro benzene ring substituents is 1. The van der Waals surface area contributed by atoms with Gasteiger partial charge in [0.15, 0.2) is 0 Å². The Labute approximate surface area is 159 Å². The molecule has 26 heavy (non-hydrogen) atoms. The van der Waals surface area contributed by atoms with Crippen LogP contribution in [0.1, 0.15) is 32.5 Å². The number of hydrogen-bond acceptors (Lipinski definition) is 6. The molecular weight excluding hydrogens is 372 g/mol. The number of nitrogens with zero attached hydrogens (tertiary/aromatic N) is 1. The average molecular weight is 389 g/mol. The Balaban J connectivity index is 1.63. The van der Waals surface area contributed by atoms with Crippen LogP contribution in [0, 0.1) is 10.1 Å². The van der Waals surface area contributed by atoms with Gasteiger partial charge in [0.2, 0.25) is 0 Å². The van der Waals surface area contributed by atoms with Crippen molar-refractivity contribution in [3.8, 4) is 5.75 Å². The lowest BCUT2D eigenvalue weighted by molar-refractivity contribution is -0.385. The van der Waals surface area contributed by atoms with E-state index in [1.807, 2.05) is 35.7 Å². The van der Waals surface area contributed by atoms with Crippen LogP contribution < -0.4 is 10.4 Å². The number of carbonyl (C=O) groups excluding carboxylic acids is 1. The molecule has 1 fully saturated rings. The summed E-state index contributed by atoms with van der Waals surface area (Å²) in [5.74, 6) is 1.66. The van der Waals surface area contributed by atoms with Gasteiger partial charge in [-0.15, -0.1) is 29.3 Å². The van der Waals surface area contributed by atoms with Crippen molar-refractivity contribution in [2.24, 2.45) is 0 Å². The van der Waals surface area contributed by atoms with Crippen LogP contribution in [0.2, 0.25) is 0 Å². The van der Waals surface area contributed by atoms with E-state index in [2.05, 4.69) is 5.32 Å². The molecule has 8 heteroatoms. The van der Waals surface area contributed by atoms with E-state index in [1.165, 1.54) is 18.1 Å².